The fraction of sp³-hybridized carbons (Fsp3) is 0. The number of hydrogen-bond acceptors (Lipinski definition) is 0. The van der Waals surface area contributed by atoms with E-state index in [0.717, 1.165) is 0 Å². The van der Waals surface area contributed by atoms with Gasteiger partial charge in [0.25, 0.3) is 0 Å². The van der Waals surface area contributed by atoms with Crippen molar-refractivity contribution in [2.45, 2.75) is 0 Å². The molecule has 0 aromatic carbocycles. The topological polar surface area (TPSA) is 199 Å². The third-order valence-electron chi connectivity index (χ3n) is 0. The van der Waals surface area contributed by atoms with Crippen molar-refractivity contribution in [1.82, 2.24) is 0 Å². The molecule has 0 saturated heterocycles. The molecular weight excluding hydrogens is 335 g/mol. The average Bonchev–Trinajstić information content (AvgIpc) is 2.71. The zero-order valence-corrected chi connectivity index (χ0v) is 10.6. The monoisotopic (exact) mass is 335 g/mol. The fourth-order valence-electron chi connectivity index (χ4n) is 0. The molecule has 0 fully saturated rings. The van der Waals surface area contributed by atoms with Crippen LogP contribution in [0.4, 0.5) is 0 Å². The molecule has 0 atom stereocenters. The molecule has 0 aromatic rings. The van der Waals surface area contributed by atoms with Crippen LogP contribution in [0.25, 0.3) is 0 Å². The standard InChI is InChI=1S/10CO.Mn/c10*1-2;. The minimum absolute atomic E-state index is 0. The summed E-state index contributed by atoms with van der Waals surface area (Å²) in [6.07, 6.45) is 0. The zero-order chi connectivity index (χ0) is 20.0. The summed E-state index contributed by atoms with van der Waals surface area (Å²) in [6.45, 7) is 45.0. The minimum Gasteiger partial charge on any atom is 0 e. The van der Waals surface area contributed by atoms with Gasteiger partial charge in [-0.05, 0) is 0 Å². The number of hydrogen-bond donors (Lipinski definition) is 0. The predicted octanol–water partition coefficient (Wildman–Crippen LogP) is -0.378. The van der Waals surface area contributed by atoms with Crippen LogP contribution in [0, 0.1) is 66.5 Å². The minimum atomic E-state index is 0. The number of rotatable bonds is 0. The summed E-state index contributed by atoms with van der Waals surface area (Å²) < 4.78 is 75.0. The van der Waals surface area contributed by atoms with Crippen molar-refractivity contribution in [2.24, 2.45) is 0 Å². The zero-order valence-electron chi connectivity index (χ0n) is 9.46. The molecule has 1 radical (unpaired) electrons. The van der Waals surface area contributed by atoms with Gasteiger partial charge in [-0.15, -0.1) is 0 Å². The van der Waals surface area contributed by atoms with Gasteiger partial charge in [0, 0.05) is 17.1 Å². The molecule has 0 rings (SSSR count). The van der Waals surface area contributed by atoms with Crippen LogP contribution in [0.1, 0.15) is 0 Å². The van der Waals surface area contributed by atoms with Gasteiger partial charge in [0.1, 0.15) is 0 Å². The molecule has 0 aromatic heterocycles. The van der Waals surface area contributed by atoms with E-state index in [1.54, 1.807) is 0 Å². The van der Waals surface area contributed by atoms with Crippen LogP contribution >= 0.6 is 0 Å². The van der Waals surface area contributed by atoms with Gasteiger partial charge < -0.3 is 0 Å². The molecule has 0 aliphatic rings. The van der Waals surface area contributed by atoms with Gasteiger partial charge >= 0.3 is 113 Å². The largest absolute Gasteiger partial charge is 0 e. The van der Waals surface area contributed by atoms with Crippen molar-refractivity contribution in [3.63, 3.8) is 0 Å². The average molecular weight is 335 g/mol. The summed E-state index contributed by atoms with van der Waals surface area (Å²) >= 11 is 0. The van der Waals surface area contributed by atoms with E-state index in [9.17, 15) is 0 Å². The summed E-state index contributed by atoms with van der Waals surface area (Å²) in [7, 11) is 0. The second-order valence-corrected chi connectivity index (χ2v) is 0. The molecule has 21 heavy (non-hydrogen) atoms. The Labute approximate surface area is 130 Å². The Hall–Kier alpha value is -2.08. The van der Waals surface area contributed by atoms with Gasteiger partial charge in [-0.2, -0.15) is 0 Å². The summed E-state index contributed by atoms with van der Waals surface area (Å²) in [5, 5.41) is 0. The first-order valence-electron chi connectivity index (χ1n) is 2.04. The summed E-state index contributed by atoms with van der Waals surface area (Å²) in [5.74, 6) is 0. The van der Waals surface area contributed by atoms with Crippen LogP contribution < -0.4 is 0 Å². The summed E-state index contributed by atoms with van der Waals surface area (Å²) in [6, 6.07) is 0. The normalized spacial score (nSPS) is 0.952. The molecule has 0 saturated carbocycles. The van der Waals surface area contributed by atoms with Crippen LogP contribution in [0.15, 0.2) is 0 Å². The first-order chi connectivity index (χ1) is 10.0. The van der Waals surface area contributed by atoms with Crippen molar-refractivity contribution in [3.05, 3.63) is 66.5 Å². The van der Waals surface area contributed by atoms with Gasteiger partial charge in [-0.3, -0.25) is 0 Å². The Balaban J connectivity index is -0.00000000585. The SMILES string of the molecule is [C-]#[O+].[C-]#[O+].[C-]#[O+].[C-]#[O+].[C-]#[O+].[C-]#[O+].[C-]#[O+].[C-]#[O+].[C-]#[O+].[C-]#[O+].[Mn]. The van der Waals surface area contributed by atoms with Crippen LogP contribution in [-0.4, -0.2) is 0 Å². The van der Waals surface area contributed by atoms with E-state index in [1.165, 1.54) is 0 Å². The first kappa shape index (κ1) is 96.9. The maximum Gasteiger partial charge on any atom is 0 e. The van der Waals surface area contributed by atoms with E-state index in [-0.39, 0.29) is 17.1 Å². The maximum atomic E-state index is 7.50. The van der Waals surface area contributed by atoms with Gasteiger partial charge in [-0.1, -0.05) is 0 Å². The van der Waals surface area contributed by atoms with E-state index in [1.807, 2.05) is 0 Å². The van der Waals surface area contributed by atoms with Gasteiger partial charge in [-0.25, -0.2) is 0 Å². The molecule has 0 N–H and O–H groups in total. The van der Waals surface area contributed by atoms with E-state index < -0.39 is 0 Å². The Kier molecular flexibility index (Phi) is 5470. The quantitative estimate of drug-likeness (QED) is 0.316. The van der Waals surface area contributed by atoms with E-state index in [4.69, 9.17) is 46.5 Å². The molecule has 107 valence electrons. The molecular formula is C10MnO10. The van der Waals surface area contributed by atoms with Crippen molar-refractivity contribution in [2.75, 3.05) is 0 Å². The van der Waals surface area contributed by atoms with E-state index in [2.05, 4.69) is 66.5 Å². The maximum absolute atomic E-state index is 7.50. The molecule has 0 heterocycles. The predicted molar refractivity (Wildman–Crippen MR) is 39.3 cm³/mol. The van der Waals surface area contributed by atoms with Gasteiger partial charge in [0.05, 0.1) is 0 Å². The van der Waals surface area contributed by atoms with Crippen LogP contribution in [-0.2, 0) is 63.6 Å². The van der Waals surface area contributed by atoms with Crippen molar-refractivity contribution < 1.29 is 63.6 Å². The third kappa shape index (κ3) is 1050. The molecule has 0 aliphatic carbocycles. The Bertz CT molecular complexity index is 173. The summed E-state index contributed by atoms with van der Waals surface area (Å²) in [5.41, 5.74) is 0. The second kappa shape index (κ2) is 1190. The third-order valence-corrected chi connectivity index (χ3v) is 0. The van der Waals surface area contributed by atoms with Crippen LogP contribution in [0.5, 0.6) is 0 Å². The Morgan fingerprint density at radius 1 is 0.190 bits per heavy atom. The van der Waals surface area contributed by atoms with Crippen molar-refractivity contribution in [1.29, 1.82) is 0 Å². The van der Waals surface area contributed by atoms with E-state index >= 15 is 0 Å². The fourth-order valence-corrected chi connectivity index (χ4v) is 0. The van der Waals surface area contributed by atoms with Gasteiger partial charge in [0.2, 0.25) is 0 Å². The second-order valence-electron chi connectivity index (χ2n) is 0. The van der Waals surface area contributed by atoms with Crippen molar-refractivity contribution >= 4 is 0 Å². The molecule has 0 amide bonds. The Morgan fingerprint density at radius 3 is 0.190 bits per heavy atom. The molecule has 10 nitrogen and oxygen atoms in total. The molecule has 11 heteroatoms. The molecule has 0 spiro atoms. The first-order valence-corrected chi connectivity index (χ1v) is 2.04. The molecule has 0 bridgehead atoms. The molecule has 0 aliphatic heterocycles. The molecule has 0 unspecified atom stereocenters. The van der Waals surface area contributed by atoms with Crippen LogP contribution in [0.3, 0.4) is 0 Å². The van der Waals surface area contributed by atoms with Crippen LogP contribution in [0.2, 0.25) is 0 Å². The van der Waals surface area contributed by atoms with Gasteiger partial charge in [0.15, 0.2) is 0 Å². The van der Waals surface area contributed by atoms with E-state index in [0.29, 0.717) is 0 Å². The van der Waals surface area contributed by atoms with Crippen molar-refractivity contribution in [3.8, 4) is 0 Å². The summed E-state index contributed by atoms with van der Waals surface area (Å²) in [4.78, 5) is 0. The smallest absolute Gasteiger partial charge is 0 e. The Morgan fingerprint density at radius 2 is 0.190 bits per heavy atom.